The van der Waals surface area contributed by atoms with Gasteiger partial charge in [-0.2, -0.15) is 5.10 Å². The van der Waals surface area contributed by atoms with Gasteiger partial charge in [-0.25, -0.2) is 4.98 Å². The molecule has 0 saturated carbocycles. The number of carbonyl (C=O) groups is 1. The number of amides is 1. The maximum absolute atomic E-state index is 12.9. The van der Waals surface area contributed by atoms with Crippen molar-refractivity contribution in [2.75, 3.05) is 26.8 Å². The van der Waals surface area contributed by atoms with E-state index in [1.807, 2.05) is 49.2 Å². The van der Waals surface area contributed by atoms with Crippen molar-refractivity contribution in [1.29, 1.82) is 0 Å². The van der Waals surface area contributed by atoms with Crippen LogP contribution >= 0.6 is 0 Å². The number of carbonyl (C=O) groups excluding carboxylic acids is 1. The minimum Gasteiger partial charge on any atom is -0.336 e. The van der Waals surface area contributed by atoms with Gasteiger partial charge in [0.2, 0.25) is 0 Å². The first kappa shape index (κ1) is 17.4. The molecule has 4 rings (SSSR count). The van der Waals surface area contributed by atoms with Gasteiger partial charge in [0, 0.05) is 62.9 Å². The zero-order chi connectivity index (χ0) is 19.0. The SMILES string of the molecule is C=NCN1CC[C@@H](N(C)C(=O)c2cn3cc(-c4cnn(C)c4)ccc3n2)C1. The summed E-state index contributed by atoms with van der Waals surface area (Å²) in [6.07, 6.45) is 8.50. The van der Waals surface area contributed by atoms with Gasteiger partial charge in [0.25, 0.3) is 5.91 Å². The Hall–Kier alpha value is -3.00. The molecule has 0 radical (unpaired) electrons. The van der Waals surface area contributed by atoms with Gasteiger partial charge in [-0.1, -0.05) is 0 Å². The molecule has 0 aliphatic carbocycles. The Morgan fingerprint density at radius 1 is 1.33 bits per heavy atom. The minimum atomic E-state index is -0.0555. The number of likely N-dealkylation sites (tertiary alicyclic amines) is 1. The first-order valence-electron chi connectivity index (χ1n) is 8.95. The Balaban J connectivity index is 1.54. The van der Waals surface area contributed by atoms with Crippen LogP contribution in [0.1, 0.15) is 16.9 Å². The highest BCUT2D eigenvalue weighted by Crippen LogP contribution is 2.21. The summed E-state index contributed by atoms with van der Waals surface area (Å²) in [5.41, 5.74) is 3.27. The maximum atomic E-state index is 12.9. The molecule has 1 aliphatic heterocycles. The molecule has 1 fully saturated rings. The Morgan fingerprint density at radius 2 is 2.19 bits per heavy atom. The fraction of sp³-hybridized carbons (Fsp3) is 0.368. The number of fused-ring (bicyclic) bond motifs is 1. The molecule has 0 N–H and O–H groups in total. The van der Waals surface area contributed by atoms with Gasteiger partial charge in [0.15, 0.2) is 0 Å². The molecule has 3 aromatic heterocycles. The molecule has 0 spiro atoms. The van der Waals surface area contributed by atoms with Gasteiger partial charge >= 0.3 is 0 Å². The molecule has 4 heterocycles. The van der Waals surface area contributed by atoms with Crippen LogP contribution in [-0.4, -0.2) is 74.4 Å². The number of aromatic nitrogens is 4. The van der Waals surface area contributed by atoms with Crippen molar-refractivity contribution < 1.29 is 4.79 Å². The molecule has 1 saturated heterocycles. The van der Waals surface area contributed by atoms with E-state index in [-0.39, 0.29) is 11.9 Å². The number of hydrogen-bond donors (Lipinski definition) is 0. The molecule has 0 bridgehead atoms. The van der Waals surface area contributed by atoms with E-state index < -0.39 is 0 Å². The lowest BCUT2D eigenvalue weighted by Crippen LogP contribution is -2.39. The Morgan fingerprint density at radius 3 is 2.93 bits per heavy atom. The monoisotopic (exact) mass is 365 g/mol. The van der Waals surface area contributed by atoms with Crippen LogP contribution in [0.5, 0.6) is 0 Å². The van der Waals surface area contributed by atoms with E-state index in [4.69, 9.17) is 0 Å². The fourth-order valence-electron chi connectivity index (χ4n) is 3.58. The molecule has 8 heteroatoms. The predicted octanol–water partition coefficient (Wildman–Crippen LogP) is 1.54. The summed E-state index contributed by atoms with van der Waals surface area (Å²) in [4.78, 5) is 25.3. The lowest BCUT2D eigenvalue weighted by molar-refractivity contribution is 0.0730. The summed E-state index contributed by atoms with van der Waals surface area (Å²) in [7, 11) is 3.74. The van der Waals surface area contributed by atoms with E-state index in [0.29, 0.717) is 12.4 Å². The molecule has 27 heavy (non-hydrogen) atoms. The quantitative estimate of drug-likeness (QED) is 0.643. The molecule has 0 unspecified atom stereocenters. The lowest BCUT2D eigenvalue weighted by atomic mass is 10.2. The van der Waals surface area contributed by atoms with Gasteiger partial charge < -0.3 is 9.30 Å². The zero-order valence-corrected chi connectivity index (χ0v) is 15.6. The number of imidazole rings is 1. The molecule has 1 amide bonds. The molecular formula is C19H23N7O. The summed E-state index contributed by atoms with van der Waals surface area (Å²) in [6, 6.07) is 4.09. The van der Waals surface area contributed by atoms with Crippen molar-refractivity contribution in [3.8, 4) is 11.1 Å². The van der Waals surface area contributed by atoms with Gasteiger partial charge in [-0.05, 0) is 25.3 Å². The normalized spacial score (nSPS) is 17.5. The van der Waals surface area contributed by atoms with Crippen LogP contribution in [0.3, 0.4) is 0 Å². The highest BCUT2D eigenvalue weighted by molar-refractivity contribution is 5.93. The number of nitrogens with zero attached hydrogens (tertiary/aromatic N) is 7. The summed E-state index contributed by atoms with van der Waals surface area (Å²) >= 11 is 0. The number of rotatable bonds is 5. The van der Waals surface area contributed by atoms with Crippen molar-refractivity contribution in [3.05, 3.63) is 42.6 Å². The van der Waals surface area contributed by atoms with E-state index in [1.54, 1.807) is 15.8 Å². The van der Waals surface area contributed by atoms with Crippen LogP contribution in [0.25, 0.3) is 16.8 Å². The smallest absolute Gasteiger partial charge is 0.274 e. The van der Waals surface area contributed by atoms with Crippen LogP contribution < -0.4 is 0 Å². The summed E-state index contributed by atoms with van der Waals surface area (Å²) < 4.78 is 3.66. The van der Waals surface area contributed by atoms with Crippen LogP contribution in [0.4, 0.5) is 0 Å². The first-order chi connectivity index (χ1) is 13.0. The third-order valence-corrected chi connectivity index (χ3v) is 5.12. The molecule has 0 aromatic carbocycles. The third-order valence-electron chi connectivity index (χ3n) is 5.12. The highest BCUT2D eigenvalue weighted by Gasteiger charge is 2.29. The van der Waals surface area contributed by atoms with E-state index >= 15 is 0 Å². The van der Waals surface area contributed by atoms with Crippen LogP contribution in [0.15, 0.2) is 41.9 Å². The number of pyridine rings is 1. The number of likely N-dealkylation sites (N-methyl/N-ethyl adjacent to an activating group) is 1. The maximum Gasteiger partial charge on any atom is 0.274 e. The van der Waals surface area contributed by atoms with Crippen molar-refractivity contribution in [1.82, 2.24) is 29.0 Å². The lowest BCUT2D eigenvalue weighted by Gasteiger charge is -2.23. The molecule has 3 aromatic rings. The average molecular weight is 365 g/mol. The van der Waals surface area contributed by atoms with Crippen LogP contribution in [0, 0.1) is 0 Å². The second kappa shape index (κ2) is 6.96. The van der Waals surface area contributed by atoms with Gasteiger partial charge in [-0.3, -0.25) is 19.4 Å². The molecule has 1 aliphatic rings. The molecule has 140 valence electrons. The zero-order valence-electron chi connectivity index (χ0n) is 15.6. The van der Waals surface area contributed by atoms with Gasteiger partial charge in [0.05, 0.1) is 12.9 Å². The summed E-state index contributed by atoms with van der Waals surface area (Å²) in [5.74, 6) is -0.0555. The second-order valence-electron chi connectivity index (χ2n) is 7.01. The minimum absolute atomic E-state index is 0.0555. The average Bonchev–Trinajstić information content (AvgIpc) is 3.39. The third kappa shape index (κ3) is 3.35. The van der Waals surface area contributed by atoms with Crippen molar-refractivity contribution in [2.24, 2.45) is 12.0 Å². The number of hydrogen-bond acceptors (Lipinski definition) is 5. The van der Waals surface area contributed by atoms with Crippen LogP contribution in [0.2, 0.25) is 0 Å². The van der Waals surface area contributed by atoms with Crippen LogP contribution in [-0.2, 0) is 7.05 Å². The van der Waals surface area contributed by atoms with Crippen molar-refractivity contribution in [2.45, 2.75) is 12.5 Å². The first-order valence-corrected chi connectivity index (χ1v) is 8.95. The molecule has 1 atom stereocenters. The van der Waals surface area contributed by atoms with Crippen molar-refractivity contribution >= 4 is 18.3 Å². The standard InChI is InChI=1S/C19H23N7O/c1-20-13-25-7-6-16(11-25)24(3)19(27)17-12-26-10-14(4-5-18(26)22-17)15-8-21-23(2)9-15/h4-5,8-10,12,16H,1,6-7,11,13H2,2-3H3/t16-/m1/s1. The van der Waals surface area contributed by atoms with Gasteiger partial charge in [-0.15, -0.1) is 0 Å². The van der Waals surface area contributed by atoms with E-state index in [9.17, 15) is 4.79 Å². The fourth-order valence-corrected chi connectivity index (χ4v) is 3.58. The number of aryl methyl sites for hydroxylation is 1. The predicted molar refractivity (Wildman–Crippen MR) is 104 cm³/mol. The second-order valence-corrected chi connectivity index (χ2v) is 7.01. The Labute approximate surface area is 157 Å². The molecular weight excluding hydrogens is 342 g/mol. The van der Waals surface area contributed by atoms with E-state index in [0.717, 1.165) is 36.3 Å². The molecule has 8 nitrogen and oxygen atoms in total. The van der Waals surface area contributed by atoms with Crippen molar-refractivity contribution in [3.63, 3.8) is 0 Å². The highest BCUT2D eigenvalue weighted by atomic mass is 16.2. The Kier molecular flexibility index (Phi) is 4.49. The van der Waals surface area contributed by atoms with E-state index in [1.165, 1.54) is 0 Å². The Bertz CT molecular complexity index is 989. The topological polar surface area (TPSA) is 71.0 Å². The summed E-state index contributed by atoms with van der Waals surface area (Å²) in [5, 5.41) is 4.21. The van der Waals surface area contributed by atoms with E-state index in [2.05, 4.69) is 26.7 Å². The summed E-state index contributed by atoms with van der Waals surface area (Å²) in [6.45, 7) is 5.91. The largest absolute Gasteiger partial charge is 0.336 e. The van der Waals surface area contributed by atoms with Gasteiger partial charge in [0.1, 0.15) is 11.3 Å². The number of aliphatic imine (C=N–C) groups is 1.